The van der Waals surface area contributed by atoms with Gasteiger partial charge in [0.05, 0.1) is 10.5 Å². The van der Waals surface area contributed by atoms with Crippen LogP contribution in [0.5, 0.6) is 0 Å². The van der Waals surface area contributed by atoms with Gasteiger partial charge in [0.15, 0.2) is 0 Å². The Morgan fingerprint density at radius 2 is 1.77 bits per heavy atom. The SMILES string of the molecule is CN(CC(C)(C)CN)S(=O)(=O)c1ccc(C(F)(F)F)c(F)c1. The van der Waals surface area contributed by atoms with Crippen LogP contribution >= 0.6 is 0 Å². The predicted octanol–water partition coefficient (Wildman–Crippen LogP) is 2.45. The number of halogens is 4. The molecule has 0 aliphatic heterocycles. The maximum atomic E-state index is 13.5. The van der Waals surface area contributed by atoms with Gasteiger partial charge in [-0.25, -0.2) is 17.1 Å². The van der Waals surface area contributed by atoms with E-state index in [1.807, 2.05) is 0 Å². The van der Waals surface area contributed by atoms with Crippen molar-refractivity contribution in [1.82, 2.24) is 4.31 Å². The minimum Gasteiger partial charge on any atom is -0.330 e. The Labute approximate surface area is 127 Å². The summed E-state index contributed by atoms with van der Waals surface area (Å²) in [6.45, 7) is 3.75. The van der Waals surface area contributed by atoms with Crippen molar-refractivity contribution in [2.45, 2.75) is 24.9 Å². The molecule has 0 amide bonds. The summed E-state index contributed by atoms with van der Waals surface area (Å²) in [5.41, 5.74) is 3.50. The molecule has 1 aromatic carbocycles. The fourth-order valence-corrected chi connectivity index (χ4v) is 3.19. The molecule has 2 N–H and O–H groups in total. The van der Waals surface area contributed by atoms with E-state index in [1.165, 1.54) is 7.05 Å². The lowest BCUT2D eigenvalue weighted by Crippen LogP contribution is -2.39. The molecule has 1 rings (SSSR count). The first-order valence-electron chi connectivity index (χ1n) is 6.34. The van der Waals surface area contributed by atoms with Crippen LogP contribution in [0.1, 0.15) is 19.4 Å². The number of sulfonamides is 1. The molecule has 0 spiro atoms. The van der Waals surface area contributed by atoms with Crippen molar-refractivity contribution < 1.29 is 26.0 Å². The Morgan fingerprint density at radius 1 is 1.23 bits per heavy atom. The van der Waals surface area contributed by atoms with Crippen molar-refractivity contribution in [2.24, 2.45) is 11.1 Å². The Kier molecular flexibility index (Phi) is 5.26. The van der Waals surface area contributed by atoms with Crippen LogP contribution in [0.15, 0.2) is 23.1 Å². The summed E-state index contributed by atoms with van der Waals surface area (Å²) >= 11 is 0. The lowest BCUT2D eigenvalue weighted by molar-refractivity contribution is -0.140. The quantitative estimate of drug-likeness (QED) is 0.836. The van der Waals surface area contributed by atoms with Gasteiger partial charge in [0.25, 0.3) is 0 Å². The van der Waals surface area contributed by atoms with Gasteiger partial charge < -0.3 is 5.73 Å². The molecule has 1 aromatic rings. The van der Waals surface area contributed by atoms with Crippen LogP contribution in [-0.4, -0.2) is 32.9 Å². The van der Waals surface area contributed by atoms with Gasteiger partial charge >= 0.3 is 6.18 Å². The van der Waals surface area contributed by atoms with Crippen LogP contribution in [0.25, 0.3) is 0 Å². The zero-order chi connectivity index (χ0) is 17.3. The molecule has 0 aliphatic rings. The van der Waals surface area contributed by atoms with Gasteiger partial charge in [0.1, 0.15) is 5.82 Å². The van der Waals surface area contributed by atoms with E-state index in [2.05, 4.69) is 0 Å². The number of rotatable bonds is 5. The third-order valence-corrected chi connectivity index (χ3v) is 4.96. The highest BCUT2D eigenvalue weighted by Crippen LogP contribution is 2.32. The van der Waals surface area contributed by atoms with Gasteiger partial charge in [-0.05, 0) is 30.2 Å². The first-order valence-corrected chi connectivity index (χ1v) is 7.78. The van der Waals surface area contributed by atoms with E-state index in [1.54, 1.807) is 13.8 Å². The Balaban J connectivity index is 3.17. The Bertz CT molecular complexity index is 642. The summed E-state index contributed by atoms with van der Waals surface area (Å²) < 4.78 is 76.5. The highest BCUT2D eigenvalue weighted by atomic mass is 32.2. The molecule has 0 radical (unpaired) electrons. The normalized spacial score (nSPS) is 13.7. The predicted molar refractivity (Wildman–Crippen MR) is 74.1 cm³/mol. The topological polar surface area (TPSA) is 63.4 Å². The largest absolute Gasteiger partial charge is 0.419 e. The summed E-state index contributed by atoms with van der Waals surface area (Å²) in [6, 6.07) is 1.54. The standard InChI is InChI=1S/C13H18F4N2O2S/c1-12(2,7-18)8-19(3)22(20,21)9-4-5-10(11(14)6-9)13(15,16)17/h4-6H,7-8,18H2,1-3H3. The first-order chi connectivity index (χ1) is 9.81. The third kappa shape index (κ3) is 4.17. The average molecular weight is 342 g/mol. The van der Waals surface area contributed by atoms with E-state index < -0.39 is 37.9 Å². The number of hydrogen-bond donors (Lipinski definition) is 1. The lowest BCUT2D eigenvalue weighted by Gasteiger charge is -2.28. The van der Waals surface area contributed by atoms with Gasteiger partial charge in [0.2, 0.25) is 10.0 Å². The highest BCUT2D eigenvalue weighted by molar-refractivity contribution is 7.89. The van der Waals surface area contributed by atoms with Crippen molar-refractivity contribution >= 4 is 10.0 Å². The second-order valence-corrected chi connectivity index (χ2v) is 7.81. The van der Waals surface area contributed by atoms with E-state index in [4.69, 9.17) is 5.73 Å². The monoisotopic (exact) mass is 342 g/mol. The molecule has 0 aromatic heterocycles. The molecule has 0 fully saturated rings. The maximum absolute atomic E-state index is 13.5. The minimum atomic E-state index is -4.88. The van der Waals surface area contributed by atoms with Crippen molar-refractivity contribution in [3.05, 3.63) is 29.6 Å². The van der Waals surface area contributed by atoms with E-state index in [-0.39, 0.29) is 13.1 Å². The van der Waals surface area contributed by atoms with Crippen molar-refractivity contribution in [3.8, 4) is 0 Å². The van der Waals surface area contributed by atoms with E-state index in [0.29, 0.717) is 12.1 Å². The van der Waals surface area contributed by atoms with Crippen molar-refractivity contribution in [3.63, 3.8) is 0 Å². The lowest BCUT2D eigenvalue weighted by atomic mass is 9.94. The van der Waals surface area contributed by atoms with Gasteiger partial charge in [-0.1, -0.05) is 13.8 Å². The van der Waals surface area contributed by atoms with Crippen LogP contribution in [0.2, 0.25) is 0 Å². The number of hydrogen-bond acceptors (Lipinski definition) is 3. The summed E-state index contributed by atoms with van der Waals surface area (Å²) in [4.78, 5) is -0.534. The molecular weight excluding hydrogens is 324 g/mol. The smallest absolute Gasteiger partial charge is 0.330 e. The summed E-state index contributed by atoms with van der Waals surface area (Å²) in [7, 11) is -2.83. The zero-order valence-corrected chi connectivity index (χ0v) is 13.2. The van der Waals surface area contributed by atoms with Crippen LogP contribution in [0.3, 0.4) is 0 Å². The molecule has 0 saturated carbocycles. The minimum absolute atomic E-state index is 0.0501. The fourth-order valence-electron chi connectivity index (χ4n) is 1.82. The molecule has 9 heteroatoms. The fraction of sp³-hybridized carbons (Fsp3) is 0.538. The van der Waals surface area contributed by atoms with E-state index in [0.717, 1.165) is 10.4 Å². The summed E-state index contributed by atoms with van der Waals surface area (Å²) in [5, 5.41) is 0. The second-order valence-electron chi connectivity index (χ2n) is 5.77. The zero-order valence-electron chi connectivity index (χ0n) is 12.4. The number of benzene rings is 1. The van der Waals surface area contributed by atoms with Gasteiger partial charge in [0, 0.05) is 13.6 Å². The molecule has 4 nitrogen and oxygen atoms in total. The first kappa shape index (κ1) is 18.9. The van der Waals surface area contributed by atoms with Gasteiger partial charge in [-0.15, -0.1) is 0 Å². The Hall–Kier alpha value is -1.19. The second kappa shape index (κ2) is 6.13. The number of nitrogens with zero attached hydrogens (tertiary/aromatic N) is 1. The van der Waals surface area contributed by atoms with Crippen molar-refractivity contribution in [2.75, 3.05) is 20.1 Å². The molecular formula is C13H18F4N2O2S. The number of alkyl halides is 3. The molecule has 0 heterocycles. The van der Waals surface area contributed by atoms with Gasteiger partial charge in [-0.2, -0.15) is 13.2 Å². The summed E-state index contributed by atoms with van der Waals surface area (Å²) in [6.07, 6.45) is -4.88. The number of nitrogens with two attached hydrogens (primary N) is 1. The van der Waals surface area contributed by atoms with E-state index >= 15 is 0 Å². The third-order valence-electron chi connectivity index (χ3n) is 3.16. The van der Waals surface area contributed by atoms with Crippen LogP contribution in [0.4, 0.5) is 17.6 Å². The average Bonchev–Trinajstić information content (AvgIpc) is 2.36. The van der Waals surface area contributed by atoms with Crippen LogP contribution < -0.4 is 5.73 Å². The van der Waals surface area contributed by atoms with Crippen LogP contribution in [-0.2, 0) is 16.2 Å². The maximum Gasteiger partial charge on any atom is 0.419 e. The van der Waals surface area contributed by atoms with Gasteiger partial charge in [-0.3, -0.25) is 0 Å². The van der Waals surface area contributed by atoms with E-state index in [9.17, 15) is 26.0 Å². The highest BCUT2D eigenvalue weighted by Gasteiger charge is 2.35. The molecule has 0 unspecified atom stereocenters. The molecule has 126 valence electrons. The molecule has 22 heavy (non-hydrogen) atoms. The van der Waals surface area contributed by atoms with Crippen LogP contribution in [0, 0.1) is 11.2 Å². The molecule has 0 atom stereocenters. The molecule has 0 saturated heterocycles. The summed E-state index contributed by atoms with van der Waals surface area (Å²) in [5.74, 6) is -1.62. The van der Waals surface area contributed by atoms with Crippen molar-refractivity contribution in [1.29, 1.82) is 0 Å². The molecule has 0 aliphatic carbocycles. The Morgan fingerprint density at radius 3 is 2.18 bits per heavy atom. The molecule has 0 bridgehead atoms.